The second-order valence-electron chi connectivity index (χ2n) is 7.38. The summed E-state index contributed by atoms with van der Waals surface area (Å²) < 4.78 is 32.9. The summed E-state index contributed by atoms with van der Waals surface area (Å²) in [7, 11) is -2.60. The fourth-order valence-corrected chi connectivity index (χ4v) is 5.17. The van der Waals surface area contributed by atoms with Crippen LogP contribution in [0.25, 0.3) is 10.9 Å². The van der Waals surface area contributed by atoms with E-state index < -0.39 is 16.0 Å². The lowest BCUT2D eigenvalue weighted by molar-refractivity contribution is 0.0599. The van der Waals surface area contributed by atoms with Crippen molar-refractivity contribution >= 4 is 44.3 Å². The van der Waals surface area contributed by atoms with E-state index in [0.29, 0.717) is 17.0 Å². The summed E-state index contributed by atoms with van der Waals surface area (Å²) in [4.78, 5) is 17.6. The number of benzene rings is 3. The molecule has 0 fully saturated rings. The van der Waals surface area contributed by atoms with Gasteiger partial charge in [0.1, 0.15) is 0 Å². The van der Waals surface area contributed by atoms with Gasteiger partial charge in [0.2, 0.25) is 0 Å². The fourth-order valence-electron chi connectivity index (χ4n) is 3.28. The zero-order valence-corrected chi connectivity index (χ0v) is 19.7. The number of anilines is 1. The van der Waals surface area contributed by atoms with Crippen LogP contribution in [-0.2, 0) is 20.5 Å². The van der Waals surface area contributed by atoms with Gasteiger partial charge in [-0.2, -0.15) is 0 Å². The number of nitrogens with one attached hydrogen (secondary N) is 1. The Bertz CT molecular complexity index is 1420. The number of pyridine rings is 1. The number of carbonyl (C=O) groups excluding carboxylic acids is 1. The molecule has 8 heteroatoms. The number of sulfonamides is 1. The minimum atomic E-state index is -3.86. The first-order chi connectivity index (χ1) is 15.9. The maximum Gasteiger partial charge on any atom is 0.338 e. The van der Waals surface area contributed by atoms with E-state index in [1.807, 2.05) is 42.5 Å². The number of fused-ring (bicyclic) bond motifs is 1. The summed E-state index contributed by atoms with van der Waals surface area (Å²) in [5.74, 6) is 0.127. The van der Waals surface area contributed by atoms with Crippen molar-refractivity contribution in [2.45, 2.75) is 22.5 Å². The number of methoxy groups -OCH3 is 1. The number of hydrogen-bond acceptors (Lipinski definition) is 6. The van der Waals surface area contributed by atoms with Crippen LogP contribution in [0.15, 0.2) is 88.7 Å². The summed E-state index contributed by atoms with van der Waals surface area (Å²) in [5.41, 5.74) is 3.23. The molecule has 168 valence electrons. The molecule has 0 aliphatic heterocycles. The average molecular weight is 479 g/mol. The van der Waals surface area contributed by atoms with E-state index >= 15 is 0 Å². The van der Waals surface area contributed by atoms with Gasteiger partial charge in [0.15, 0.2) is 0 Å². The summed E-state index contributed by atoms with van der Waals surface area (Å²) in [6, 6.07) is 23.6. The second-order valence-corrected chi connectivity index (χ2v) is 10.1. The Balaban J connectivity index is 1.44. The van der Waals surface area contributed by atoms with Crippen LogP contribution in [0, 0.1) is 6.92 Å². The summed E-state index contributed by atoms with van der Waals surface area (Å²) in [6.07, 6.45) is 0. The zero-order valence-electron chi connectivity index (χ0n) is 18.1. The standard InChI is InChI=1S/C25H22N2O4S2/c1-17-7-14-22(15-23(17)25(28)31-2)33(29,30)27-19-10-12-21(13-11-19)32-16-20-9-8-18-5-3-4-6-24(18)26-20/h3-15,27H,16H2,1-2H3. The second kappa shape index (κ2) is 9.64. The third-order valence-electron chi connectivity index (χ3n) is 5.07. The number of nitrogens with zero attached hydrogens (tertiary/aromatic N) is 1. The highest BCUT2D eigenvalue weighted by Crippen LogP contribution is 2.26. The topological polar surface area (TPSA) is 85.4 Å². The van der Waals surface area contributed by atoms with Crippen molar-refractivity contribution in [1.29, 1.82) is 0 Å². The minimum Gasteiger partial charge on any atom is -0.465 e. The number of carbonyl (C=O) groups is 1. The summed E-state index contributed by atoms with van der Waals surface area (Å²) >= 11 is 1.62. The van der Waals surface area contributed by atoms with E-state index in [1.54, 1.807) is 36.9 Å². The first kappa shape index (κ1) is 22.8. The molecule has 3 aromatic carbocycles. The van der Waals surface area contributed by atoms with Crippen molar-refractivity contribution in [1.82, 2.24) is 4.98 Å². The molecule has 33 heavy (non-hydrogen) atoms. The van der Waals surface area contributed by atoms with Crippen molar-refractivity contribution in [3.63, 3.8) is 0 Å². The molecule has 6 nitrogen and oxygen atoms in total. The summed E-state index contributed by atoms with van der Waals surface area (Å²) in [5, 5.41) is 1.11. The van der Waals surface area contributed by atoms with Crippen molar-refractivity contribution in [2.24, 2.45) is 0 Å². The van der Waals surface area contributed by atoms with Crippen molar-refractivity contribution in [3.05, 3.63) is 95.7 Å². The first-order valence-corrected chi connectivity index (χ1v) is 12.6. The molecule has 0 spiro atoms. The van der Waals surface area contributed by atoms with Crippen LogP contribution in [0.3, 0.4) is 0 Å². The Kier molecular flexibility index (Phi) is 6.67. The molecular formula is C25H22N2O4S2. The van der Waals surface area contributed by atoms with Crippen LogP contribution in [0.4, 0.5) is 5.69 Å². The monoisotopic (exact) mass is 478 g/mol. The van der Waals surface area contributed by atoms with Gasteiger partial charge in [0.25, 0.3) is 10.0 Å². The van der Waals surface area contributed by atoms with Crippen molar-refractivity contribution in [2.75, 3.05) is 11.8 Å². The minimum absolute atomic E-state index is 0.00525. The Labute approximate surface area is 197 Å². The van der Waals surface area contributed by atoms with Crippen LogP contribution >= 0.6 is 11.8 Å². The maximum atomic E-state index is 12.8. The zero-order chi connectivity index (χ0) is 23.4. The predicted octanol–water partition coefficient (Wildman–Crippen LogP) is 5.42. The van der Waals surface area contributed by atoms with Gasteiger partial charge >= 0.3 is 5.97 Å². The van der Waals surface area contributed by atoms with Crippen LogP contribution in [-0.4, -0.2) is 26.5 Å². The average Bonchev–Trinajstić information content (AvgIpc) is 2.83. The number of aryl methyl sites for hydroxylation is 1. The third kappa shape index (κ3) is 5.35. The molecule has 0 bridgehead atoms. The van der Waals surface area contributed by atoms with E-state index in [1.165, 1.54) is 19.2 Å². The lowest BCUT2D eigenvalue weighted by atomic mass is 10.1. The fraction of sp³-hybridized carbons (Fsp3) is 0.120. The van der Waals surface area contributed by atoms with Crippen molar-refractivity contribution in [3.8, 4) is 0 Å². The van der Waals surface area contributed by atoms with Gasteiger partial charge in [-0.1, -0.05) is 30.3 Å². The van der Waals surface area contributed by atoms with Crippen LogP contribution in [0.1, 0.15) is 21.6 Å². The first-order valence-electron chi connectivity index (χ1n) is 10.1. The largest absolute Gasteiger partial charge is 0.465 e. The molecule has 0 aliphatic rings. The number of aromatic nitrogens is 1. The highest BCUT2D eigenvalue weighted by atomic mass is 32.2. The van der Waals surface area contributed by atoms with Crippen LogP contribution in [0.2, 0.25) is 0 Å². The van der Waals surface area contributed by atoms with Gasteiger partial charge in [-0.15, -0.1) is 11.8 Å². The quantitative estimate of drug-likeness (QED) is 0.282. The predicted molar refractivity (Wildman–Crippen MR) is 131 cm³/mol. The number of para-hydroxylation sites is 1. The Morgan fingerprint density at radius 2 is 1.76 bits per heavy atom. The van der Waals surface area contributed by atoms with E-state index in [4.69, 9.17) is 4.74 Å². The Morgan fingerprint density at radius 1 is 1.00 bits per heavy atom. The molecule has 0 radical (unpaired) electrons. The third-order valence-corrected chi connectivity index (χ3v) is 7.50. The number of ether oxygens (including phenoxy) is 1. The van der Waals surface area contributed by atoms with Gasteiger partial charge in [-0.25, -0.2) is 13.2 Å². The van der Waals surface area contributed by atoms with E-state index in [0.717, 1.165) is 21.5 Å². The number of rotatable bonds is 7. The Hall–Kier alpha value is -3.36. The van der Waals surface area contributed by atoms with Crippen LogP contribution < -0.4 is 4.72 Å². The maximum absolute atomic E-state index is 12.8. The molecule has 0 unspecified atom stereocenters. The molecule has 0 saturated heterocycles. The molecule has 1 heterocycles. The lowest BCUT2D eigenvalue weighted by Gasteiger charge is -2.11. The molecule has 4 rings (SSSR count). The van der Waals surface area contributed by atoms with E-state index in [2.05, 4.69) is 15.8 Å². The van der Waals surface area contributed by atoms with Gasteiger partial charge in [0, 0.05) is 21.7 Å². The summed E-state index contributed by atoms with van der Waals surface area (Å²) in [6.45, 7) is 1.72. The van der Waals surface area contributed by atoms with Gasteiger partial charge in [-0.3, -0.25) is 9.71 Å². The van der Waals surface area contributed by atoms with Gasteiger partial charge < -0.3 is 4.74 Å². The molecule has 1 N–H and O–H groups in total. The number of hydrogen-bond donors (Lipinski definition) is 1. The molecular weight excluding hydrogens is 456 g/mol. The molecule has 0 amide bonds. The Morgan fingerprint density at radius 3 is 2.52 bits per heavy atom. The normalized spacial score (nSPS) is 11.3. The molecule has 0 atom stereocenters. The van der Waals surface area contributed by atoms with E-state index in [-0.39, 0.29) is 10.5 Å². The lowest BCUT2D eigenvalue weighted by Crippen LogP contribution is -2.14. The van der Waals surface area contributed by atoms with Crippen molar-refractivity contribution < 1.29 is 17.9 Å². The number of esters is 1. The van der Waals surface area contributed by atoms with Gasteiger partial charge in [-0.05, 0) is 61.0 Å². The van der Waals surface area contributed by atoms with Crippen LogP contribution in [0.5, 0.6) is 0 Å². The number of thioether (sulfide) groups is 1. The molecule has 0 aliphatic carbocycles. The SMILES string of the molecule is COC(=O)c1cc(S(=O)(=O)Nc2ccc(SCc3ccc4ccccc4n3)cc2)ccc1C. The molecule has 1 aromatic heterocycles. The van der Waals surface area contributed by atoms with E-state index in [9.17, 15) is 13.2 Å². The smallest absolute Gasteiger partial charge is 0.338 e. The highest BCUT2D eigenvalue weighted by Gasteiger charge is 2.18. The van der Waals surface area contributed by atoms with Gasteiger partial charge in [0.05, 0.1) is 28.8 Å². The molecule has 0 saturated carbocycles. The highest BCUT2D eigenvalue weighted by molar-refractivity contribution is 7.98. The molecule has 4 aromatic rings.